The fourth-order valence-electron chi connectivity index (χ4n) is 2.68. The van der Waals surface area contributed by atoms with Crippen LogP contribution in [0.1, 0.15) is 22.3 Å². The molecule has 0 radical (unpaired) electrons. The molecule has 132 valence electrons. The second-order valence-electron chi connectivity index (χ2n) is 5.74. The van der Waals surface area contributed by atoms with Gasteiger partial charge in [0.2, 0.25) is 5.91 Å². The van der Waals surface area contributed by atoms with E-state index in [0.717, 1.165) is 16.7 Å². The molecule has 2 aromatic carbocycles. The van der Waals surface area contributed by atoms with Crippen molar-refractivity contribution in [1.29, 1.82) is 0 Å². The molecule has 1 N–H and O–H groups in total. The number of carbonyl (C=O) groups excluding carboxylic acids is 2. The van der Waals surface area contributed by atoms with Gasteiger partial charge in [0.1, 0.15) is 10.6 Å². The molecular formula is C21H19NO3S. The van der Waals surface area contributed by atoms with Crippen LogP contribution in [0.3, 0.4) is 0 Å². The first kappa shape index (κ1) is 17.9. The number of thiophene rings is 1. The van der Waals surface area contributed by atoms with E-state index in [1.54, 1.807) is 0 Å². The summed E-state index contributed by atoms with van der Waals surface area (Å²) in [7, 11) is 1.34. The van der Waals surface area contributed by atoms with Crippen LogP contribution in [0.5, 0.6) is 0 Å². The minimum atomic E-state index is -0.455. The van der Waals surface area contributed by atoms with E-state index in [9.17, 15) is 9.59 Å². The lowest BCUT2D eigenvalue weighted by molar-refractivity contribution is -0.116. The summed E-state index contributed by atoms with van der Waals surface area (Å²) in [6.07, 6.45) is 1.00. The smallest absolute Gasteiger partial charge is 0.341 e. The van der Waals surface area contributed by atoms with Crippen LogP contribution in [0.4, 0.5) is 5.00 Å². The van der Waals surface area contributed by atoms with Crippen LogP contribution >= 0.6 is 11.3 Å². The topological polar surface area (TPSA) is 55.4 Å². The Morgan fingerprint density at radius 1 is 1.00 bits per heavy atom. The van der Waals surface area contributed by atoms with E-state index in [1.165, 1.54) is 18.4 Å². The van der Waals surface area contributed by atoms with Crippen LogP contribution < -0.4 is 5.32 Å². The largest absolute Gasteiger partial charge is 0.465 e. The van der Waals surface area contributed by atoms with E-state index >= 15 is 0 Å². The van der Waals surface area contributed by atoms with Gasteiger partial charge in [-0.15, -0.1) is 11.3 Å². The molecule has 3 rings (SSSR count). The Bertz CT molecular complexity index is 888. The molecule has 26 heavy (non-hydrogen) atoms. The van der Waals surface area contributed by atoms with Crippen molar-refractivity contribution in [2.45, 2.75) is 12.8 Å². The van der Waals surface area contributed by atoms with E-state index in [-0.39, 0.29) is 5.91 Å². The fourth-order valence-corrected chi connectivity index (χ4v) is 3.65. The number of esters is 1. The number of methoxy groups -OCH3 is 1. The van der Waals surface area contributed by atoms with Crippen LogP contribution in [0.25, 0.3) is 11.1 Å². The number of nitrogens with one attached hydrogen (secondary N) is 1. The first-order valence-corrected chi connectivity index (χ1v) is 9.16. The SMILES string of the molecule is COC(=O)c1c(-c2ccccc2)csc1NC(=O)CCc1ccccc1. The molecule has 3 aromatic rings. The highest BCUT2D eigenvalue weighted by Gasteiger charge is 2.22. The van der Waals surface area contributed by atoms with Gasteiger partial charge in [0, 0.05) is 17.4 Å². The lowest BCUT2D eigenvalue weighted by Crippen LogP contribution is -2.14. The molecule has 0 bridgehead atoms. The highest BCUT2D eigenvalue weighted by atomic mass is 32.1. The Hall–Kier alpha value is -2.92. The Morgan fingerprint density at radius 2 is 1.65 bits per heavy atom. The van der Waals surface area contributed by atoms with Crippen molar-refractivity contribution in [2.75, 3.05) is 12.4 Å². The minimum absolute atomic E-state index is 0.125. The molecule has 1 amide bonds. The van der Waals surface area contributed by atoms with E-state index in [2.05, 4.69) is 5.32 Å². The normalized spacial score (nSPS) is 10.3. The summed E-state index contributed by atoms with van der Waals surface area (Å²) in [6, 6.07) is 19.4. The van der Waals surface area contributed by atoms with Gasteiger partial charge in [0.15, 0.2) is 0 Å². The van der Waals surface area contributed by atoms with Gasteiger partial charge >= 0.3 is 5.97 Å². The summed E-state index contributed by atoms with van der Waals surface area (Å²) in [6.45, 7) is 0. The number of carbonyl (C=O) groups is 2. The second kappa shape index (κ2) is 8.45. The molecule has 0 unspecified atom stereocenters. The summed E-state index contributed by atoms with van der Waals surface area (Å²) in [5, 5.41) is 5.26. The standard InChI is InChI=1S/C21H19NO3S/c1-25-21(24)19-17(16-10-6-3-7-11-16)14-26-20(19)22-18(23)13-12-15-8-4-2-5-9-15/h2-11,14H,12-13H2,1H3,(H,22,23). The first-order valence-electron chi connectivity index (χ1n) is 8.28. The molecule has 5 heteroatoms. The predicted octanol–water partition coefficient (Wildman–Crippen LogP) is 4.77. The fraction of sp³-hybridized carbons (Fsp3) is 0.143. The van der Waals surface area contributed by atoms with Gasteiger partial charge in [-0.3, -0.25) is 4.79 Å². The van der Waals surface area contributed by atoms with Gasteiger partial charge in [-0.1, -0.05) is 60.7 Å². The quantitative estimate of drug-likeness (QED) is 0.640. The maximum atomic E-state index is 12.3. The Labute approximate surface area is 156 Å². The van der Waals surface area contributed by atoms with Gasteiger partial charge in [-0.2, -0.15) is 0 Å². The summed E-state index contributed by atoms with van der Waals surface area (Å²) in [5.41, 5.74) is 3.18. The van der Waals surface area contributed by atoms with Crippen molar-refractivity contribution < 1.29 is 14.3 Å². The molecule has 0 aliphatic heterocycles. The zero-order valence-electron chi connectivity index (χ0n) is 14.4. The summed E-state index contributed by atoms with van der Waals surface area (Å²) >= 11 is 1.33. The van der Waals surface area contributed by atoms with Gasteiger partial charge in [0.05, 0.1) is 7.11 Å². The zero-order valence-corrected chi connectivity index (χ0v) is 15.2. The number of ether oxygens (including phenoxy) is 1. The highest BCUT2D eigenvalue weighted by Crippen LogP contribution is 2.36. The number of benzene rings is 2. The number of amides is 1. The Kier molecular flexibility index (Phi) is 5.81. The molecule has 0 saturated heterocycles. The van der Waals surface area contributed by atoms with Crippen molar-refractivity contribution in [3.05, 3.63) is 77.2 Å². The number of rotatable bonds is 6. The lowest BCUT2D eigenvalue weighted by atomic mass is 10.0. The van der Waals surface area contributed by atoms with Crippen molar-refractivity contribution in [1.82, 2.24) is 0 Å². The van der Waals surface area contributed by atoms with Crippen LogP contribution in [-0.4, -0.2) is 19.0 Å². The van der Waals surface area contributed by atoms with Gasteiger partial charge in [0.25, 0.3) is 0 Å². The maximum absolute atomic E-state index is 12.3. The van der Waals surface area contributed by atoms with Crippen LogP contribution in [0.15, 0.2) is 66.0 Å². The molecule has 4 nitrogen and oxygen atoms in total. The van der Waals surface area contributed by atoms with E-state index < -0.39 is 5.97 Å². The monoisotopic (exact) mass is 365 g/mol. The van der Waals surface area contributed by atoms with Crippen LogP contribution in [0, 0.1) is 0 Å². The molecule has 0 aliphatic rings. The summed E-state index contributed by atoms with van der Waals surface area (Å²) in [5.74, 6) is -0.580. The molecule has 0 fully saturated rings. The Morgan fingerprint density at radius 3 is 2.31 bits per heavy atom. The van der Waals surface area contributed by atoms with Gasteiger partial charge in [-0.05, 0) is 17.5 Å². The van der Waals surface area contributed by atoms with E-state index in [4.69, 9.17) is 4.74 Å². The number of hydrogen-bond donors (Lipinski definition) is 1. The zero-order chi connectivity index (χ0) is 18.4. The third kappa shape index (κ3) is 4.18. The molecule has 1 aromatic heterocycles. The van der Waals surface area contributed by atoms with Crippen molar-refractivity contribution in [3.63, 3.8) is 0 Å². The average Bonchev–Trinajstić information content (AvgIpc) is 3.10. The molecule has 0 spiro atoms. The van der Waals surface area contributed by atoms with Gasteiger partial charge < -0.3 is 10.1 Å². The molecule has 1 heterocycles. The molecule has 0 aliphatic carbocycles. The van der Waals surface area contributed by atoms with Gasteiger partial charge in [-0.25, -0.2) is 4.79 Å². The Balaban J connectivity index is 1.78. The lowest BCUT2D eigenvalue weighted by Gasteiger charge is -2.08. The van der Waals surface area contributed by atoms with E-state index in [1.807, 2.05) is 66.0 Å². The predicted molar refractivity (Wildman–Crippen MR) is 104 cm³/mol. The summed E-state index contributed by atoms with van der Waals surface area (Å²) in [4.78, 5) is 24.6. The number of aryl methyl sites for hydroxylation is 1. The highest BCUT2D eigenvalue weighted by molar-refractivity contribution is 7.15. The minimum Gasteiger partial charge on any atom is -0.465 e. The number of hydrogen-bond acceptors (Lipinski definition) is 4. The van der Waals surface area contributed by atoms with Crippen molar-refractivity contribution in [2.24, 2.45) is 0 Å². The first-order chi connectivity index (χ1) is 12.7. The van der Waals surface area contributed by atoms with Crippen molar-refractivity contribution >= 4 is 28.2 Å². The third-order valence-corrected chi connectivity index (χ3v) is 4.90. The average molecular weight is 365 g/mol. The van der Waals surface area contributed by atoms with Crippen molar-refractivity contribution in [3.8, 4) is 11.1 Å². The number of anilines is 1. The molecular weight excluding hydrogens is 346 g/mol. The third-order valence-electron chi connectivity index (χ3n) is 4.00. The van der Waals surface area contributed by atoms with E-state index in [0.29, 0.717) is 23.4 Å². The molecule has 0 atom stereocenters. The summed E-state index contributed by atoms with van der Waals surface area (Å²) < 4.78 is 4.92. The van der Waals surface area contributed by atoms with Crippen LogP contribution in [-0.2, 0) is 16.0 Å². The maximum Gasteiger partial charge on any atom is 0.341 e. The second-order valence-corrected chi connectivity index (χ2v) is 6.62. The van der Waals surface area contributed by atoms with Crippen LogP contribution in [0.2, 0.25) is 0 Å². The molecule has 0 saturated carbocycles.